The average Bonchev–Trinajstić information content (AvgIpc) is 3.45. The van der Waals surface area contributed by atoms with Crippen molar-refractivity contribution in [1.82, 2.24) is 15.3 Å². The second-order valence-electron chi connectivity index (χ2n) is 9.09. The van der Waals surface area contributed by atoms with Crippen molar-refractivity contribution in [3.05, 3.63) is 77.2 Å². The smallest absolute Gasteiger partial charge is 0.411 e. The number of aromatic nitrogens is 2. The van der Waals surface area contributed by atoms with Gasteiger partial charge in [-0.2, -0.15) is 5.10 Å². The first-order valence-corrected chi connectivity index (χ1v) is 13.2. The molecule has 0 fully saturated rings. The quantitative estimate of drug-likeness (QED) is 0.0619. The van der Waals surface area contributed by atoms with Gasteiger partial charge in [0.05, 0.1) is 24.5 Å². The number of ether oxygens (including phenoxy) is 1. The molecule has 2 aromatic carbocycles. The molecule has 0 unspecified atom stereocenters. The third-order valence-corrected chi connectivity index (χ3v) is 6.48. The fourth-order valence-electron chi connectivity index (χ4n) is 4.26. The molecule has 1 aliphatic heterocycles. The van der Waals surface area contributed by atoms with E-state index in [1.165, 1.54) is 24.5 Å². The zero-order valence-electron chi connectivity index (χ0n) is 22.4. The van der Waals surface area contributed by atoms with Gasteiger partial charge in [0.1, 0.15) is 12.2 Å². The normalized spacial score (nSPS) is 16.0. The predicted octanol–water partition coefficient (Wildman–Crippen LogP) is 4.51. The van der Waals surface area contributed by atoms with Crippen LogP contribution in [0, 0.1) is 0 Å². The number of H-pyrrole nitrogens is 1. The summed E-state index contributed by atoms with van der Waals surface area (Å²) in [6.07, 6.45) is 11.9. The molecule has 0 radical (unpaired) electrons. The molecule has 2 bridgehead atoms. The molecule has 13 heteroatoms. The highest BCUT2D eigenvalue weighted by Gasteiger charge is 2.19. The summed E-state index contributed by atoms with van der Waals surface area (Å²) in [6, 6.07) is 10.1. The third kappa shape index (κ3) is 7.87. The number of hydrazone groups is 1. The summed E-state index contributed by atoms with van der Waals surface area (Å²) in [5.41, 5.74) is 4.12. The van der Waals surface area contributed by atoms with Gasteiger partial charge in [-0.25, -0.2) is 15.6 Å². The van der Waals surface area contributed by atoms with Crippen molar-refractivity contribution in [1.29, 1.82) is 0 Å². The van der Waals surface area contributed by atoms with Crippen molar-refractivity contribution in [2.75, 3.05) is 29.3 Å². The zero-order chi connectivity index (χ0) is 29.2. The predicted molar refractivity (Wildman–Crippen MR) is 162 cm³/mol. The Balaban J connectivity index is 1.58. The molecule has 214 valence electrons. The molecule has 2 amide bonds. The second kappa shape index (κ2) is 14.0. The topological polar surface area (TPSA) is 176 Å². The fourth-order valence-corrected chi connectivity index (χ4v) is 4.44. The highest BCUT2D eigenvalue weighted by Crippen LogP contribution is 2.31. The Kier molecular flexibility index (Phi) is 9.97. The van der Waals surface area contributed by atoms with E-state index in [2.05, 4.69) is 32.1 Å². The molecule has 1 atom stereocenters. The van der Waals surface area contributed by atoms with Gasteiger partial charge in [-0.05, 0) is 61.7 Å². The molecule has 1 aromatic heterocycles. The van der Waals surface area contributed by atoms with E-state index in [0.717, 1.165) is 30.6 Å². The number of anilines is 3. The fraction of sp³-hybridized carbons (Fsp3) is 0.214. The van der Waals surface area contributed by atoms with E-state index >= 15 is 0 Å². The first kappa shape index (κ1) is 29.2. The van der Waals surface area contributed by atoms with Gasteiger partial charge in [-0.15, -0.1) is 0 Å². The number of nitrogens with two attached hydrogens (primary N) is 2. The first-order valence-electron chi connectivity index (χ1n) is 12.9. The van der Waals surface area contributed by atoms with Crippen molar-refractivity contribution in [2.45, 2.75) is 25.3 Å². The highest BCUT2D eigenvalue weighted by molar-refractivity contribution is 6.30. The molecular weight excluding hydrogens is 546 g/mol. The molecule has 12 nitrogen and oxygen atoms in total. The van der Waals surface area contributed by atoms with E-state index in [4.69, 9.17) is 33.0 Å². The Labute approximate surface area is 242 Å². The summed E-state index contributed by atoms with van der Waals surface area (Å²) in [4.78, 5) is 32.7. The molecule has 41 heavy (non-hydrogen) atoms. The molecule has 2 heterocycles. The Morgan fingerprint density at radius 3 is 2.90 bits per heavy atom. The van der Waals surface area contributed by atoms with E-state index in [0.29, 0.717) is 39.9 Å². The van der Waals surface area contributed by atoms with Crippen molar-refractivity contribution < 1.29 is 14.3 Å². The number of imidazole rings is 1. The largest absolute Gasteiger partial charge is 0.453 e. The minimum atomic E-state index is -0.550. The van der Waals surface area contributed by atoms with Gasteiger partial charge < -0.3 is 26.2 Å². The van der Waals surface area contributed by atoms with E-state index in [1.54, 1.807) is 36.5 Å². The van der Waals surface area contributed by atoms with Gasteiger partial charge in [-0.1, -0.05) is 23.8 Å². The van der Waals surface area contributed by atoms with Crippen molar-refractivity contribution in [2.24, 2.45) is 16.8 Å². The number of hydrazine groups is 1. The maximum absolute atomic E-state index is 13.0. The number of amides is 2. The van der Waals surface area contributed by atoms with Crippen molar-refractivity contribution >= 4 is 53.1 Å². The number of benzene rings is 2. The number of nitrogens with zero attached hydrogens (tertiary/aromatic N) is 3. The van der Waals surface area contributed by atoms with E-state index in [-0.39, 0.29) is 5.91 Å². The lowest BCUT2D eigenvalue weighted by Crippen LogP contribution is -2.30. The SMILES string of the molecule is COC(=O)Nc1ccc2c(c1)NCCC/C=C\C[C@H](NC(=O)/C=C/c1cc(Cl)ccc1N(N)/C=N\N)c1nc-2c[nH]1. The van der Waals surface area contributed by atoms with E-state index < -0.39 is 12.1 Å². The van der Waals surface area contributed by atoms with Gasteiger partial charge >= 0.3 is 6.09 Å². The maximum Gasteiger partial charge on any atom is 0.411 e. The van der Waals surface area contributed by atoms with Crippen LogP contribution in [0.5, 0.6) is 0 Å². The lowest BCUT2D eigenvalue weighted by atomic mass is 10.1. The Hall–Kier alpha value is -4.81. The molecule has 0 aliphatic carbocycles. The minimum Gasteiger partial charge on any atom is -0.453 e. The molecule has 4 rings (SSSR count). The van der Waals surface area contributed by atoms with Gasteiger partial charge in [-0.3, -0.25) is 15.1 Å². The number of hydrogen-bond acceptors (Lipinski definition) is 8. The van der Waals surface area contributed by atoms with Crippen molar-refractivity contribution in [3.63, 3.8) is 0 Å². The van der Waals surface area contributed by atoms with Crippen LogP contribution >= 0.6 is 11.6 Å². The molecule has 0 spiro atoms. The first-order chi connectivity index (χ1) is 19.9. The summed E-state index contributed by atoms with van der Waals surface area (Å²) in [7, 11) is 1.31. The van der Waals surface area contributed by atoms with Gasteiger partial charge in [0.2, 0.25) is 5.91 Å². The Morgan fingerprint density at radius 2 is 2.10 bits per heavy atom. The number of carbonyl (C=O) groups is 2. The van der Waals surface area contributed by atoms with Gasteiger partial charge in [0, 0.05) is 46.3 Å². The number of fused-ring (bicyclic) bond motifs is 4. The van der Waals surface area contributed by atoms with Gasteiger partial charge in [0.25, 0.3) is 0 Å². The Bertz CT molecular complexity index is 1470. The number of rotatable bonds is 6. The summed E-state index contributed by atoms with van der Waals surface area (Å²) < 4.78 is 4.71. The van der Waals surface area contributed by atoms with E-state index in [9.17, 15) is 9.59 Å². The molecule has 8 N–H and O–H groups in total. The molecule has 1 aliphatic rings. The van der Waals surface area contributed by atoms with Crippen LogP contribution < -0.4 is 32.6 Å². The zero-order valence-corrected chi connectivity index (χ0v) is 23.2. The summed E-state index contributed by atoms with van der Waals surface area (Å²) >= 11 is 6.17. The lowest BCUT2D eigenvalue weighted by Gasteiger charge is -2.16. The van der Waals surface area contributed by atoms with Crippen LogP contribution in [0.15, 0.2) is 65.9 Å². The molecule has 0 saturated heterocycles. The highest BCUT2D eigenvalue weighted by atomic mass is 35.5. The number of allylic oxidation sites excluding steroid dienone is 1. The van der Waals surface area contributed by atoms with Crippen LogP contribution in [0.2, 0.25) is 5.02 Å². The number of hydrogen-bond donors (Lipinski definition) is 6. The van der Waals surface area contributed by atoms with Crippen LogP contribution in [0.1, 0.15) is 36.7 Å². The molecule has 3 aromatic rings. The summed E-state index contributed by atoms with van der Waals surface area (Å²) in [5, 5.41) is 14.3. The van der Waals surface area contributed by atoms with Crippen LogP contribution in [-0.4, -0.2) is 42.0 Å². The number of methoxy groups -OCH3 is 1. The number of carbonyl (C=O) groups excluding carboxylic acids is 2. The average molecular weight is 578 g/mol. The number of nitrogens with one attached hydrogen (secondary N) is 4. The number of aromatic amines is 1. The van der Waals surface area contributed by atoms with Crippen LogP contribution in [0.25, 0.3) is 17.3 Å². The van der Waals surface area contributed by atoms with E-state index in [1.807, 2.05) is 18.2 Å². The third-order valence-electron chi connectivity index (χ3n) is 6.25. The van der Waals surface area contributed by atoms with Crippen LogP contribution in [-0.2, 0) is 9.53 Å². The number of halogens is 1. The minimum absolute atomic E-state index is 0.326. The lowest BCUT2D eigenvalue weighted by molar-refractivity contribution is -0.117. The molecule has 0 saturated carbocycles. The second-order valence-corrected chi connectivity index (χ2v) is 9.53. The summed E-state index contributed by atoms with van der Waals surface area (Å²) in [6.45, 7) is 0.726. The van der Waals surface area contributed by atoms with Gasteiger partial charge in [0.15, 0.2) is 0 Å². The monoisotopic (exact) mass is 577 g/mol. The van der Waals surface area contributed by atoms with Crippen molar-refractivity contribution in [3.8, 4) is 11.3 Å². The van der Waals surface area contributed by atoms with Crippen LogP contribution in [0.3, 0.4) is 0 Å². The van der Waals surface area contributed by atoms with Crippen LogP contribution in [0.4, 0.5) is 21.9 Å². The summed E-state index contributed by atoms with van der Waals surface area (Å²) in [5.74, 6) is 11.5. The standard InChI is InChI=1S/C28H32ClN9O3/c1-41-28(40)35-20-9-10-21-23(15-20)32-13-5-3-2-4-6-22(27-33-16-24(21)37-27)36-26(39)12-7-18-14-19(29)8-11-25(18)38(31)17-34-30/h2,4,7-12,14-17,22,32H,3,5-6,13,30-31H2,1H3,(H,33,37)(H,35,40)(H,36,39)/b4-2-,12-7+,34-17-/t22-/m0/s1. The maximum atomic E-state index is 13.0. The Morgan fingerprint density at radius 1 is 1.24 bits per heavy atom. The molecular formula is C28H32ClN9O3.